The van der Waals surface area contributed by atoms with Gasteiger partial charge < -0.3 is 20.1 Å². The molecule has 2 heterocycles. The van der Waals surface area contributed by atoms with E-state index in [9.17, 15) is 0 Å². The number of nitrogens with two attached hydrogens (primary N) is 1. The molecule has 0 unspecified atom stereocenters. The van der Waals surface area contributed by atoms with Crippen LogP contribution in [0.25, 0.3) is 0 Å². The van der Waals surface area contributed by atoms with Crippen LogP contribution in [0.3, 0.4) is 0 Å². The number of nitrogens with zero attached hydrogens (tertiary/aromatic N) is 3. The van der Waals surface area contributed by atoms with Gasteiger partial charge in [-0.15, -0.1) is 0 Å². The number of hydrogen-bond acceptors (Lipinski definition) is 6. The molecule has 6 heteroatoms. The summed E-state index contributed by atoms with van der Waals surface area (Å²) in [5.74, 6) is 1.23. The summed E-state index contributed by atoms with van der Waals surface area (Å²) in [5, 5.41) is 0. The second kappa shape index (κ2) is 6.51. The monoisotopic (exact) mass is 252 g/mol. The van der Waals surface area contributed by atoms with E-state index in [1.807, 2.05) is 0 Å². The maximum absolute atomic E-state index is 5.71. The standard InChI is InChI=1S/C12H20N4O2/c1-17-8-9-18-10-3-6-16(7-4-10)12-14-5-2-11(13)15-12/h2,5,10H,3-4,6-9H2,1H3,(H2,13,14,15). The van der Waals surface area contributed by atoms with Gasteiger partial charge in [0.1, 0.15) is 5.82 Å². The van der Waals surface area contributed by atoms with Crippen molar-refractivity contribution in [2.24, 2.45) is 0 Å². The zero-order valence-electron chi connectivity index (χ0n) is 10.7. The number of rotatable bonds is 5. The molecule has 0 saturated carbocycles. The van der Waals surface area contributed by atoms with E-state index in [-0.39, 0.29) is 0 Å². The normalized spacial score (nSPS) is 17.1. The molecule has 1 saturated heterocycles. The average Bonchev–Trinajstić information content (AvgIpc) is 2.40. The van der Waals surface area contributed by atoms with Gasteiger partial charge in [-0.05, 0) is 18.9 Å². The topological polar surface area (TPSA) is 73.5 Å². The smallest absolute Gasteiger partial charge is 0.227 e. The number of nitrogen functional groups attached to an aromatic ring is 1. The van der Waals surface area contributed by atoms with Crippen LogP contribution in [-0.4, -0.2) is 49.5 Å². The van der Waals surface area contributed by atoms with Crippen LogP contribution in [0.1, 0.15) is 12.8 Å². The van der Waals surface area contributed by atoms with Crippen molar-refractivity contribution in [1.82, 2.24) is 9.97 Å². The van der Waals surface area contributed by atoms with Gasteiger partial charge in [-0.25, -0.2) is 4.98 Å². The first kappa shape index (κ1) is 13.0. The summed E-state index contributed by atoms with van der Waals surface area (Å²) >= 11 is 0. The Morgan fingerprint density at radius 3 is 2.83 bits per heavy atom. The molecule has 6 nitrogen and oxygen atoms in total. The molecule has 0 atom stereocenters. The third kappa shape index (κ3) is 3.54. The van der Waals surface area contributed by atoms with Crippen molar-refractivity contribution in [2.75, 3.05) is 44.0 Å². The minimum Gasteiger partial charge on any atom is -0.384 e. The van der Waals surface area contributed by atoms with Gasteiger partial charge in [0.2, 0.25) is 5.95 Å². The highest BCUT2D eigenvalue weighted by Crippen LogP contribution is 2.18. The molecule has 1 aliphatic heterocycles. The third-order valence-electron chi connectivity index (χ3n) is 3.03. The fraction of sp³-hybridized carbons (Fsp3) is 0.667. The Morgan fingerprint density at radius 1 is 1.39 bits per heavy atom. The van der Waals surface area contributed by atoms with Gasteiger partial charge in [0, 0.05) is 26.4 Å². The molecule has 0 aliphatic carbocycles. The first-order chi connectivity index (χ1) is 8.79. The van der Waals surface area contributed by atoms with Crippen LogP contribution in [0.5, 0.6) is 0 Å². The first-order valence-electron chi connectivity index (χ1n) is 6.23. The minimum atomic E-state index is 0.317. The number of anilines is 2. The van der Waals surface area contributed by atoms with E-state index >= 15 is 0 Å². The van der Waals surface area contributed by atoms with E-state index in [0.29, 0.717) is 31.1 Å². The Bertz CT molecular complexity index is 367. The van der Waals surface area contributed by atoms with Crippen molar-refractivity contribution >= 4 is 11.8 Å². The molecule has 1 aromatic rings. The molecule has 0 spiro atoms. The van der Waals surface area contributed by atoms with E-state index in [0.717, 1.165) is 25.9 Å². The van der Waals surface area contributed by atoms with Crippen molar-refractivity contribution in [3.8, 4) is 0 Å². The van der Waals surface area contributed by atoms with Gasteiger partial charge >= 0.3 is 0 Å². The van der Waals surface area contributed by atoms with E-state index < -0.39 is 0 Å². The SMILES string of the molecule is COCCOC1CCN(c2nccc(N)n2)CC1. The predicted molar refractivity (Wildman–Crippen MR) is 69.5 cm³/mol. The Balaban J connectivity index is 1.79. The summed E-state index contributed by atoms with van der Waals surface area (Å²) in [6.45, 7) is 3.12. The molecular formula is C12H20N4O2. The van der Waals surface area contributed by atoms with Crippen LogP contribution in [-0.2, 0) is 9.47 Å². The maximum Gasteiger partial charge on any atom is 0.227 e. The maximum atomic E-state index is 5.71. The number of hydrogen-bond donors (Lipinski definition) is 1. The summed E-state index contributed by atoms with van der Waals surface area (Å²) in [7, 11) is 1.68. The van der Waals surface area contributed by atoms with Crippen molar-refractivity contribution < 1.29 is 9.47 Å². The number of piperidine rings is 1. The van der Waals surface area contributed by atoms with Gasteiger partial charge in [-0.2, -0.15) is 4.98 Å². The van der Waals surface area contributed by atoms with E-state index in [4.69, 9.17) is 15.2 Å². The van der Waals surface area contributed by atoms with Gasteiger partial charge in [0.05, 0.1) is 19.3 Å². The molecule has 0 radical (unpaired) electrons. The number of methoxy groups -OCH3 is 1. The van der Waals surface area contributed by atoms with Crippen molar-refractivity contribution in [3.63, 3.8) is 0 Å². The molecule has 18 heavy (non-hydrogen) atoms. The van der Waals surface area contributed by atoms with E-state index in [1.165, 1.54) is 0 Å². The van der Waals surface area contributed by atoms with Crippen molar-refractivity contribution in [3.05, 3.63) is 12.3 Å². The molecule has 0 aromatic carbocycles. The fourth-order valence-electron chi connectivity index (χ4n) is 2.03. The van der Waals surface area contributed by atoms with E-state index in [2.05, 4.69) is 14.9 Å². The molecule has 0 amide bonds. The van der Waals surface area contributed by atoms with Crippen LogP contribution in [0.15, 0.2) is 12.3 Å². The highest BCUT2D eigenvalue weighted by molar-refractivity contribution is 5.37. The Hall–Kier alpha value is -1.40. The lowest BCUT2D eigenvalue weighted by Gasteiger charge is -2.31. The van der Waals surface area contributed by atoms with Crippen LogP contribution in [0.4, 0.5) is 11.8 Å². The van der Waals surface area contributed by atoms with Crippen LogP contribution >= 0.6 is 0 Å². The Morgan fingerprint density at radius 2 is 2.17 bits per heavy atom. The molecule has 1 fully saturated rings. The second-order valence-electron chi connectivity index (χ2n) is 4.33. The molecular weight excluding hydrogens is 232 g/mol. The largest absolute Gasteiger partial charge is 0.384 e. The van der Waals surface area contributed by atoms with Crippen LogP contribution in [0.2, 0.25) is 0 Å². The van der Waals surface area contributed by atoms with E-state index in [1.54, 1.807) is 19.4 Å². The van der Waals surface area contributed by atoms with Gasteiger partial charge in [0.25, 0.3) is 0 Å². The molecule has 2 N–H and O–H groups in total. The van der Waals surface area contributed by atoms with Crippen molar-refractivity contribution in [2.45, 2.75) is 18.9 Å². The first-order valence-corrected chi connectivity index (χ1v) is 6.23. The minimum absolute atomic E-state index is 0.317. The lowest BCUT2D eigenvalue weighted by Crippen LogP contribution is -2.38. The van der Waals surface area contributed by atoms with Gasteiger partial charge in [-0.1, -0.05) is 0 Å². The van der Waals surface area contributed by atoms with Crippen molar-refractivity contribution in [1.29, 1.82) is 0 Å². The second-order valence-corrected chi connectivity index (χ2v) is 4.33. The summed E-state index contributed by atoms with van der Waals surface area (Å²) < 4.78 is 10.7. The van der Waals surface area contributed by atoms with Gasteiger partial charge in [-0.3, -0.25) is 0 Å². The fourth-order valence-corrected chi connectivity index (χ4v) is 2.03. The Labute approximate surface area is 107 Å². The molecule has 1 aromatic heterocycles. The molecule has 0 bridgehead atoms. The summed E-state index contributed by atoms with van der Waals surface area (Å²) in [5.41, 5.74) is 5.66. The lowest BCUT2D eigenvalue weighted by atomic mass is 10.1. The quantitative estimate of drug-likeness (QED) is 0.777. The third-order valence-corrected chi connectivity index (χ3v) is 3.03. The summed E-state index contributed by atoms with van der Waals surface area (Å²) in [6, 6.07) is 1.70. The highest BCUT2D eigenvalue weighted by atomic mass is 16.5. The van der Waals surface area contributed by atoms with Crippen LogP contribution < -0.4 is 10.6 Å². The summed E-state index contributed by atoms with van der Waals surface area (Å²) in [6.07, 6.45) is 3.99. The predicted octanol–water partition coefficient (Wildman–Crippen LogP) is 0.691. The molecule has 100 valence electrons. The molecule has 1 aliphatic rings. The number of aromatic nitrogens is 2. The zero-order chi connectivity index (χ0) is 12.8. The number of ether oxygens (including phenoxy) is 2. The average molecular weight is 252 g/mol. The van der Waals surface area contributed by atoms with Crippen LogP contribution in [0, 0.1) is 0 Å². The molecule has 2 rings (SSSR count). The zero-order valence-corrected chi connectivity index (χ0v) is 10.7. The van der Waals surface area contributed by atoms with Gasteiger partial charge in [0.15, 0.2) is 0 Å². The summed E-state index contributed by atoms with van der Waals surface area (Å²) in [4.78, 5) is 10.6. The lowest BCUT2D eigenvalue weighted by molar-refractivity contribution is 0.00598. The highest BCUT2D eigenvalue weighted by Gasteiger charge is 2.21. The Kier molecular flexibility index (Phi) is 4.72.